The summed E-state index contributed by atoms with van der Waals surface area (Å²) in [7, 11) is 0. The zero-order valence-corrected chi connectivity index (χ0v) is 31.2. The Morgan fingerprint density at radius 1 is 0.362 bits per heavy atom. The van der Waals surface area contributed by atoms with Crippen molar-refractivity contribution in [1.29, 1.82) is 0 Å². The van der Waals surface area contributed by atoms with Crippen LogP contribution >= 0.6 is 0 Å². The van der Waals surface area contributed by atoms with E-state index < -0.39 is 0 Å². The van der Waals surface area contributed by atoms with Crippen LogP contribution < -0.4 is 0 Å². The third kappa shape index (κ3) is 5.14. The first-order chi connectivity index (χ1) is 28.7. The minimum atomic E-state index is 0.622. The molecule has 0 unspecified atom stereocenters. The van der Waals surface area contributed by atoms with Crippen molar-refractivity contribution in [2.24, 2.45) is 0 Å². The van der Waals surface area contributed by atoms with Crippen molar-refractivity contribution < 1.29 is 4.42 Å². The highest BCUT2D eigenvalue weighted by Crippen LogP contribution is 2.43. The molecule has 0 aliphatic rings. The van der Waals surface area contributed by atoms with E-state index in [9.17, 15) is 0 Å². The minimum absolute atomic E-state index is 0.622. The number of hydrogen-bond donors (Lipinski definition) is 0. The molecular formula is C53H32N4O. The highest BCUT2D eigenvalue weighted by molar-refractivity contribution is 6.18. The zero-order valence-electron chi connectivity index (χ0n) is 31.2. The molecule has 0 saturated heterocycles. The topological polar surface area (TPSA) is 56.7 Å². The molecule has 9 aromatic carbocycles. The molecule has 3 aromatic heterocycles. The van der Waals surface area contributed by atoms with Gasteiger partial charge in [0.05, 0.1) is 16.7 Å². The van der Waals surface area contributed by atoms with Gasteiger partial charge >= 0.3 is 0 Å². The lowest BCUT2D eigenvalue weighted by Gasteiger charge is -2.13. The summed E-state index contributed by atoms with van der Waals surface area (Å²) in [6.07, 6.45) is 0. The first-order valence-electron chi connectivity index (χ1n) is 19.5. The molecule has 0 fully saturated rings. The van der Waals surface area contributed by atoms with Gasteiger partial charge < -0.3 is 8.98 Å². The van der Waals surface area contributed by atoms with Gasteiger partial charge in [0.25, 0.3) is 0 Å². The Morgan fingerprint density at radius 2 is 0.931 bits per heavy atom. The smallest absolute Gasteiger partial charge is 0.164 e. The molecule has 0 atom stereocenters. The van der Waals surface area contributed by atoms with Crippen LogP contribution in [0.2, 0.25) is 0 Å². The van der Waals surface area contributed by atoms with Gasteiger partial charge in [-0.15, -0.1) is 0 Å². The SMILES string of the molecule is c1ccc(-c2nc(-c3ccc(-c4ccc(-n5c6ccccc6c6cc7ccccc7cc65)c5oc6ccccc6c45)cc3)nc(-c3ccc4ccccc4c3)n2)cc1. The Hall–Kier alpha value is -7.89. The number of nitrogens with zero attached hydrogens (tertiary/aromatic N) is 4. The number of hydrogen-bond acceptors (Lipinski definition) is 4. The molecule has 0 N–H and O–H groups in total. The van der Waals surface area contributed by atoms with Crippen molar-refractivity contribution in [3.8, 4) is 51.0 Å². The van der Waals surface area contributed by atoms with E-state index in [1.165, 1.54) is 26.9 Å². The molecule has 12 aromatic rings. The van der Waals surface area contributed by atoms with Gasteiger partial charge in [0.1, 0.15) is 5.58 Å². The van der Waals surface area contributed by atoms with Crippen LogP contribution in [-0.2, 0) is 0 Å². The number of fused-ring (bicyclic) bond motifs is 8. The maximum atomic E-state index is 6.84. The average Bonchev–Trinajstić information content (AvgIpc) is 3.84. The lowest BCUT2D eigenvalue weighted by atomic mass is 9.97. The van der Waals surface area contributed by atoms with Gasteiger partial charge in [-0.1, -0.05) is 158 Å². The first-order valence-corrected chi connectivity index (χ1v) is 19.5. The third-order valence-electron chi connectivity index (χ3n) is 11.4. The van der Waals surface area contributed by atoms with E-state index in [-0.39, 0.29) is 0 Å². The summed E-state index contributed by atoms with van der Waals surface area (Å²) in [6, 6.07) is 68.0. The standard InChI is InChI=1S/C53H32N4O/c1-2-13-35(14-3-1)51-54-52(56-53(55-51)40-27-22-33-12-4-5-15-37(33)30-40)36-25-23-34(24-26-36)41-28-29-46(50-49(41)43-19-9-11-21-48(43)58-50)57-45-20-10-8-18-42(45)44-31-38-16-6-7-17-39(38)32-47(44)57/h1-32H. The monoisotopic (exact) mass is 740 g/mol. The second kappa shape index (κ2) is 12.8. The molecule has 5 nitrogen and oxygen atoms in total. The Bertz CT molecular complexity index is 3560. The Kier molecular flexibility index (Phi) is 7.16. The predicted octanol–water partition coefficient (Wildman–Crippen LogP) is 13.8. The minimum Gasteiger partial charge on any atom is -0.454 e. The summed E-state index contributed by atoms with van der Waals surface area (Å²) in [5.74, 6) is 1.90. The van der Waals surface area contributed by atoms with Crippen LogP contribution in [0.25, 0.3) is 116 Å². The van der Waals surface area contributed by atoms with Crippen LogP contribution in [0, 0.1) is 0 Å². The predicted molar refractivity (Wildman–Crippen MR) is 238 cm³/mol. The Labute approximate surface area is 333 Å². The molecule has 58 heavy (non-hydrogen) atoms. The van der Waals surface area contributed by atoms with E-state index in [0.29, 0.717) is 17.5 Å². The molecule has 270 valence electrons. The number of benzene rings is 9. The van der Waals surface area contributed by atoms with Crippen LogP contribution in [-0.4, -0.2) is 19.5 Å². The summed E-state index contributed by atoms with van der Waals surface area (Å²) in [4.78, 5) is 15.1. The summed E-state index contributed by atoms with van der Waals surface area (Å²) in [5, 5.41) is 9.34. The molecule has 0 spiro atoms. The van der Waals surface area contributed by atoms with Crippen molar-refractivity contribution in [3.63, 3.8) is 0 Å². The van der Waals surface area contributed by atoms with Gasteiger partial charge in [0.15, 0.2) is 23.1 Å². The van der Waals surface area contributed by atoms with Gasteiger partial charge in [-0.2, -0.15) is 0 Å². The highest BCUT2D eigenvalue weighted by Gasteiger charge is 2.21. The number of aromatic nitrogens is 4. The van der Waals surface area contributed by atoms with Gasteiger partial charge in [0, 0.05) is 38.2 Å². The molecule has 5 heteroatoms. The maximum absolute atomic E-state index is 6.84. The average molecular weight is 741 g/mol. The molecule has 0 aliphatic carbocycles. The zero-order chi connectivity index (χ0) is 38.2. The van der Waals surface area contributed by atoms with Crippen molar-refractivity contribution in [3.05, 3.63) is 194 Å². The fourth-order valence-electron chi connectivity index (χ4n) is 8.62. The third-order valence-corrected chi connectivity index (χ3v) is 11.4. The van der Waals surface area contributed by atoms with Crippen LogP contribution in [0.15, 0.2) is 199 Å². The highest BCUT2D eigenvalue weighted by atomic mass is 16.3. The summed E-state index contributed by atoms with van der Waals surface area (Å²) >= 11 is 0. The van der Waals surface area contributed by atoms with E-state index in [1.54, 1.807) is 0 Å². The van der Waals surface area contributed by atoms with E-state index in [4.69, 9.17) is 19.4 Å². The number of furan rings is 1. The van der Waals surface area contributed by atoms with Crippen molar-refractivity contribution in [1.82, 2.24) is 19.5 Å². The van der Waals surface area contributed by atoms with E-state index >= 15 is 0 Å². The molecule has 0 aliphatic heterocycles. The molecule has 0 radical (unpaired) electrons. The van der Waals surface area contributed by atoms with Crippen LogP contribution in [0.3, 0.4) is 0 Å². The summed E-state index contributed by atoms with van der Waals surface area (Å²) in [5.41, 5.74) is 9.97. The van der Waals surface area contributed by atoms with Crippen LogP contribution in [0.5, 0.6) is 0 Å². The van der Waals surface area contributed by atoms with Gasteiger partial charge in [-0.25, -0.2) is 15.0 Å². The fourth-order valence-corrected chi connectivity index (χ4v) is 8.62. The molecule has 0 saturated carbocycles. The molecule has 0 bridgehead atoms. The summed E-state index contributed by atoms with van der Waals surface area (Å²) in [6.45, 7) is 0. The molecule has 3 heterocycles. The second-order valence-corrected chi connectivity index (χ2v) is 14.8. The van der Waals surface area contributed by atoms with E-state index in [1.807, 2.05) is 36.4 Å². The van der Waals surface area contributed by atoms with Crippen molar-refractivity contribution in [2.45, 2.75) is 0 Å². The quantitative estimate of drug-likeness (QED) is 0.176. The lowest BCUT2D eigenvalue weighted by molar-refractivity contribution is 0.666. The maximum Gasteiger partial charge on any atom is 0.164 e. The number of rotatable bonds is 5. The van der Waals surface area contributed by atoms with Crippen LogP contribution in [0.1, 0.15) is 0 Å². The van der Waals surface area contributed by atoms with Gasteiger partial charge in [-0.3, -0.25) is 0 Å². The second-order valence-electron chi connectivity index (χ2n) is 14.8. The van der Waals surface area contributed by atoms with Crippen molar-refractivity contribution in [2.75, 3.05) is 0 Å². The van der Waals surface area contributed by atoms with Crippen molar-refractivity contribution >= 4 is 65.3 Å². The Balaban J connectivity index is 1.02. The fraction of sp³-hybridized carbons (Fsp3) is 0. The van der Waals surface area contributed by atoms with E-state index in [0.717, 1.165) is 71.9 Å². The summed E-state index contributed by atoms with van der Waals surface area (Å²) < 4.78 is 9.21. The molecule has 12 rings (SSSR count). The lowest BCUT2D eigenvalue weighted by Crippen LogP contribution is -2.00. The molecule has 0 amide bonds. The largest absolute Gasteiger partial charge is 0.454 e. The number of para-hydroxylation sites is 2. The van der Waals surface area contributed by atoms with Crippen LogP contribution in [0.4, 0.5) is 0 Å². The normalized spacial score (nSPS) is 11.8. The van der Waals surface area contributed by atoms with E-state index in [2.05, 4.69) is 162 Å². The van der Waals surface area contributed by atoms with Gasteiger partial charge in [-0.05, 0) is 69.1 Å². The molecular weight excluding hydrogens is 709 g/mol. The Morgan fingerprint density at radius 3 is 1.71 bits per heavy atom. The van der Waals surface area contributed by atoms with Gasteiger partial charge in [0.2, 0.25) is 0 Å². The first kappa shape index (κ1) is 32.4.